The number of carbonyl (C=O) groups is 1. The van der Waals surface area contributed by atoms with Gasteiger partial charge in [-0.05, 0) is 30.7 Å². The number of hydrogen-bond acceptors (Lipinski definition) is 3. The topological polar surface area (TPSA) is 29.5 Å². The molecule has 0 aliphatic carbocycles. The van der Waals surface area contributed by atoms with E-state index in [1.165, 1.54) is 11.3 Å². The van der Waals surface area contributed by atoms with Crippen LogP contribution in [0, 0.1) is 0 Å². The van der Waals surface area contributed by atoms with E-state index < -0.39 is 0 Å². The van der Waals surface area contributed by atoms with Gasteiger partial charge in [-0.3, -0.25) is 4.79 Å². The first-order chi connectivity index (χ1) is 10.1. The fourth-order valence-corrected chi connectivity index (χ4v) is 3.02. The maximum atomic E-state index is 12.0. The van der Waals surface area contributed by atoms with Crippen molar-refractivity contribution in [3.8, 4) is 5.75 Å². The van der Waals surface area contributed by atoms with Crippen LogP contribution in [0.1, 0.15) is 17.7 Å². The Labute approximate surface area is 134 Å². The molecule has 1 heterocycles. The highest BCUT2D eigenvalue weighted by Gasteiger charge is 2.10. The normalized spacial score (nSPS) is 10.4. The third-order valence-corrected chi connectivity index (χ3v) is 4.21. The van der Waals surface area contributed by atoms with Crippen LogP contribution in [0.3, 0.4) is 0 Å². The van der Waals surface area contributed by atoms with E-state index in [9.17, 15) is 4.79 Å². The second-order valence-corrected chi connectivity index (χ2v) is 6.52. The molecule has 3 nitrogen and oxygen atoms in total. The van der Waals surface area contributed by atoms with E-state index in [4.69, 9.17) is 16.3 Å². The third-order valence-electron chi connectivity index (χ3n) is 2.99. The van der Waals surface area contributed by atoms with Crippen LogP contribution in [0.15, 0.2) is 42.5 Å². The molecule has 1 aromatic heterocycles. The van der Waals surface area contributed by atoms with Crippen LogP contribution in [0.5, 0.6) is 5.75 Å². The fraction of sp³-hybridized carbons (Fsp3) is 0.312. The van der Waals surface area contributed by atoms with E-state index in [1.54, 1.807) is 4.90 Å². The molecule has 21 heavy (non-hydrogen) atoms. The van der Waals surface area contributed by atoms with Gasteiger partial charge in [-0.2, -0.15) is 0 Å². The van der Waals surface area contributed by atoms with Crippen molar-refractivity contribution in [3.63, 3.8) is 0 Å². The van der Waals surface area contributed by atoms with E-state index in [1.807, 2.05) is 49.5 Å². The van der Waals surface area contributed by atoms with Crippen molar-refractivity contribution in [3.05, 3.63) is 51.7 Å². The minimum atomic E-state index is 0.121. The molecule has 0 aliphatic heterocycles. The van der Waals surface area contributed by atoms with Crippen molar-refractivity contribution in [2.24, 2.45) is 0 Å². The fourth-order valence-electron chi connectivity index (χ4n) is 1.88. The highest BCUT2D eigenvalue weighted by Crippen LogP contribution is 2.22. The molecular formula is C16H18ClNO2S. The van der Waals surface area contributed by atoms with E-state index in [0.29, 0.717) is 26.0 Å². The van der Waals surface area contributed by atoms with Crippen molar-refractivity contribution in [1.29, 1.82) is 0 Å². The summed E-state index contributed by atoms with van der Waals surface area (Å²) in [6.07, 6.45) is 1.20. The Morgan fingerprint density at radius 1 is 1.24 bits per heavy atom. The lowest BCUT2D eigenvalue weighted by molar-refractivity contribution is -0.130. The molecule has 0 spiro atoms. The number of thiophene rings is 1. The maximum absolute atomic E-state index is 12.0. The van der Waals surface area contributed by atoms with Crippen molar-refractivity contribution in [2.45, 2.75) is 19.4 Å². The van der Waals surface area contributed by atoms with Crippen LogP contribution in [0.25, 0.3) is 0 Å². The summed E-state index contributed by atoms with van der Waals surface area (Å²) in [6.45, 7) is 1.16. The van der Waals surface area contributed by atoms with Crippen LogP contribution in [-0.4, -0.2) is 24.5 Å². The number of rotatable bonds is 7. The monoisotopic (exact) mass is 323 g/mol. The molecule has 0 saturated heterocycles. The summed E-state index contributed by atoms with van der Waals surface area (Å²) in [7, 11) is 1.81. The van der Waals surface area contributed by atoms with E-state index >= 15 is 0 Å². The highest BCUT2D eigenvalue weighted by molar-refractivity contribution is 7.16. The van der Waals surface area contributed by atoms with Crippen LogP contribution < -0.4 is 4.74 Å². The molecule has 1 amide bonds. The first-order valence-electron chi connectivity index (χ1n) is 6.81. The number of hydrogen-bond donors (Lipinski definition) is 0. The summed E-state index contributed by atoms with van der Waals surface area (Å²) in [5.74, 6) is 0.961. The Morgan fingerprint density at radius 2 is 2.00 bits per heavy atom. The quantitative estimate of drug-likeness (QED) is 0.714. The number of carbonyl (C=O) groups excluding carboxylic acids is 1. The molecule has 2 aromatic rings. The lowest BCUT2D eigenvalue weighted by atomic mass is 10.3. The molecule has 0 unspecified atom stereocenters. The summed E-state index contributed by atoms with van der Waals surface area (Å²) < 4.78 is 6.32. The Morgan fingerprint density at radius 3 is 2.67 bits per heavy atom. The molecule has 2 rings (SSSR count). The van der Waals surface area contributed by atoms with Crippen molar-refractivity contribution in [2.75, 3.05) is 13.7 Å². The number of para-hydroxylation sites is 1. The Bertz CT molecular complexity index is 571. The van der Waals surface area contributed by atoms with Crippen molar-refractivity contribution < 1.29 is 9.53 Å². The molecule has 0 N–H and O–H groups in total. The van der Waals surface area contributed by atoms with Gasteiger partial charge in [-0.25, -0.2) is 0 Å². The van der Waals surface area contributed by atoms with Crippen LogP contribution in [0.4, 0.5) is 0 Å². The highest BCUT2D eigenvalue weighted by atomic mass is 35.5. The predicted molar refractivity (Wildman–Crippen MR) is 87.0 cm³/mol. The molecule has 112 valence electrons. The van der Waals surface area contributed by atoms with Crippen molar-refractivity contribution >= 4 is 28.8 Å². The molecule has 0 saturated carbocycles. The zero-order valence-corrected chi connectivity index (χ0v) is 13.5. The molecule has 0 fully saturated rings. The maximum Gasteiger partial charge on any atom is 0.222 e. The van der Waals surface area contributed by atoms with Gasteiger partial charge in [0.2, 0.25) is 5.91 Å². The molecule has 0 atom stereocenters. The zero-order chi connectivity index (χ0) is 15.1. The van der Waals surface area contributed by atoms with Gasteiger partial charge in [0.1, 0.15) is 5.75 Å². The first kappa shape index (κ1) is 15.9. The van der Waals surface area contributed by atoms with Gasteiger partial charge in [0.25, 0.3) is 0 Å². The number of benzene rings is 1. The summed E-state index contributed by atoms with van der Waals surface area (Å²) in [5, 5.41) is 0. The summed E-state index contributed by atoms with van der Waals surface area (Å²) >= 11 is 7.39. The molecule has 0 radical (unpaired) electrons. The SMILES string of the molecule is CN(Cc1ccc(Cl)s1)C(=O)CCCOc1ccccc1. The van der Waals surface area contributed by atoms with Gasteiger partial charge in [0.15, 0.2) is 0 Å². The molecule has 5 heteroatoms. The van der Waals surface area contributed by atoms with E-state index in [0.717, 1.165) is 15.0 Å². The lowest BCUT2D eigenvalue weighted by Crippen LogP contribution is -2.25. The summed E-state index contributed by atoms with van der Waals surface area (Å²) in [4.78, 5) is 14.8. The average Bonchev–Trinajstić information content (AvgIpc) is 2.89. The van der Waals surface area contributed by atoms with Gasteiger partial charge >= 0.3 is 0 Å². The van der Waals surface area contributed by atoms with Gasteiger partial charge < -0.3 is 9.64 Å². The lowest BCUT2D eigenvalue weighted by Gasteiger charge is -2.16. The summed E-state index contributed by atoms with van der Waals surface area (Å²) in [5.41, 5.74) is 0. The first-order valence-corrected chi connectivity index (χ1v) is 8.00. The van der Waals surface area contributed by atoms with Crippen LogP contribution >= 0.6 is 22.9 Å². The Hall–Kier alpha value is -1.52. The average molecular weight is 324 g/mol. The Kier molecular flexibility index (Phi) is 6.08. The number of amides is 1. The Balaban J connectivity index is 1.67. The van der Waals surface area contributed by atoms with Gasteiger partial charge in [0.05, 0.1) is 17.5 Å². The molecule has 0 bridgehead atoms. The van der Waals surface area contributed by atoms with Gasteiger partial charge in [-0.1, -0.05) is 29.8 Å². The van der Waals surface area contributed by atoms with Crippen LogP contribution in [-0.2, 0) is 11.3 Å². The minimum absolute atomic E-state index is 0.121. The second kappa shape index (κ2) is 8.05. The van der Waals surface area contributed by atoms with Crippen LogP contribution in [0.2, 0.25) is 4.34 Å². The third kappa shape index (κ3) is 5.40. The van der Waals surface area contributed by atoms with Gasteiger partial charge in [0, 0.05) is 18.3 Å². The number of nitrogens with zero attached hydrogens (tertiary/aromatic N) is 1. The van der Waals surface area contributed by atoms with Gasteiger partial charge in [-0.15, -0.1) is 11.3 Å². The largest absolute Gasteiger partial charge is 0.494 e. The molecule has 1 aromatic carbocycles. The molecular weight excluding hydrogens is 306 g/mol. The smallest absolute Gasteiger partial charge is 0.222 e. The second-order valence-electron chi connectivity index (χ2n) is 4.72. The number of halogens is 1. The predicted octanol–water partition coefficient (Wildman–Crippen LogP) is 4.22. The number of ether oxygens (including phenoxy) is 1. The molecule has 0 aliphatic rings. The van der Waals surface area contributed by atoms with Crippen molar-refractivity contribution in [1.82, 2.24) is 4.90 Å². The standard InChI is InChI=1S/C16H18ClNO2S/c1-18(12-14-9-10-15(17)21-14)16(19)8-5-11-20-13-6-3-2-4-7-13/h2-4,6-7,9-10H,5,8,11-12H2,1H3. The van der Waals surface area contributed by atoms with E-state index in [2.05, 4.69) is 0 Å². The minimum Gasteiger partial charge on any atom is -0.494 e. The van der Waals surface area contributed by atoms with E-state index in [-0.39, 0.29) is 5.91 Å². The zero-order valence-electron chi connectivity index (χ0n) is 11.9. The summed E-state index contributed by atoms with van der Waals surface area (Å²) in [6, 6.07) is 13.4.